The smallest absolute Gasteiger partial charge is 0.310 e. The quantitative estimate of drug-likeness (QED) is 0.558. The SMILES string of the molecule is C[C@@H]1CN(C[C@@H]2C(=O)O[C@@H]3C[C@@]4(C)CCC[C@]5(CO5)[C@H]4C[C@H]23)C[C@@H](C)O1. The predicted molar refractivity (Wildman–Crippen MR) is 96.7 cm³/mol. The molecule has 26 heavy (non-hydrogen) atoms. The number of nitrogens with zero attached hydrogens (tertiary/aromatic N) is 1. The second kappa shape index (κ2) is 5.92. The van der Waals surface area contributed by atoms with Gasteiger partial charge in [-0.05, 0) is 57.3 Å². The van der Waals surface area contributed by atoms with Crippen LogP contribution in [0.15, 0.2) is 0 Å². The Labute approximate surface area is 156 Å². The van der Waals surface area contributed by atoms with E-state index >= 15 is 0 Å². The first-order valence-electron chi connectivity index (χ1n) is 10.6. The van der Waals surface area contributed by atoms with Crippen molar-refractivity contribution in [3.63, 3.8) is 0 Å². The summed E-state index contributed by atoms with van der Waals surface area (Å²) < 4.78 is 17.8. The third-order valence-corrected chi connectivity index (χ3v) is 8.03. The maximum absolute atomic E-state index is 12.8. The van der Waals surface area contributed by atoms with E-state index in [1.807, 2.05) is 0 Å². The summed E-state index contributed by atoms with van der Waals surface area (Å²) in [5.74, 6) is 1.04. The Morgan fingerprint density at radius 2 is 1.92 bits per heavy atom. The first kappa shape index (κ1) is 17.4. The number of esters is 1. The lowest BCUT2D eigenvalue weighted by molar-refractivity contribution is -0.147. The highest BCUT2D eigenvalue weighted by Crippen LogP contribution is 2.62. The van der Waals surface area contributed by atoms with Crippen molar-refractivity contribution in [3.8, 4) is 0 Å². The fourth-order valence-electron chi connectivity index (χ4n) is 6.88. The van der Waals surface area contributed by atoms with Gasteiger partial charge in [0.2, 0.25) is 0 Å². The standard InChI is InChI=1S/C21H33NO4/c1-13-9-22(10-14(2)25-13)11-16-15-7-18-20(3,8-17(15)26-19(16)23)5-4-6-21(18)12-24-21/h13-18H,4-12H2,1-3H3/t13-,14-,15-,16+,17-,18+,20-,21+/m1/s1. The van der Waals surface area contributed by atoms with Crippen LogP contribution < -0.4 is 0 Å². The van der Waals surface area contributed by atoms with Gasteiger partial charge in [0.1, 0.15) is 6.10 Å². The van der Waals surface area contributed by atoms with Crippen LogP contribution in [0.4, 0.5) is 0 Å². The van der Waals surface area contributed by atoms with Gasteiger partial charge in [0.05, 0.1) is 30.3 Å². The van der Waals surface area contributed by atoms with Gasteiger partial charge in [-0.1, -0.05) is 6.92 Å². The van der Waals surface area contributed by atoms with Crippen LogP contribution in [0.3, 0.4) is 0 Å². The molecule has 5 nitrogen and oxygen atoms in total. The van der Waals surface area contributed by atoms with Gasteiger partial charge in [0.25, 0.3) is 0 Å². The summed E-state index contributed by atoms with van der Waals surface area (Å²) in [4.78, 5) is 15.2. The minimum atomic E-state index is 0.0276. The van der Waals surface area contributed by atoms with Crippen molar-refractivity contribution >= 4 is 5.97 Å². The number of fused-ring (bicyclic) bond motifs is 3. The lowest BCUT2D eigenvalue weighted by Crippen LogP contribution is -2.52. The lowest BCUT2D eigenvalue weighted by Gasteiger charge is -2.51. The number of morpholine rings is 1. The van der Waals surface area contributed by atoms with Crippen molar-refractivity contribution in [1.82, 2.24) is 4.90 Å². The van der Waals surface area contributed by atoms with Gasteiger partial charge < -0.3 is 14.2 Å². The van der Waals surface area contributed by atoms with Crippen LogP contribution in [0.2, 0.25) is 0 Å². The number of ether oxygens (including phenoxy) is 3. The van der Waals surface area contributed by atoms with E-state index < -0.39 is 0 Å². The number of hydrogen-bond donors (Lipinski definition) is 0. The largest absolute Gasteiger partial charge is 0.462 e. The van der Waals surface area contributed by atoms with Gasteiger partial charge in [-0.15, -0.1) is 0 Å². The molecule has 0 radical (unpaired) electrons. The Hall–Kier alpha value is -0.650. The Balaban J connectivity index is 1.34. The van der Waals surface area contributed by atoms with Crippen LogP contribution in [0.5, 0.6) is 0 Å². The third-order valence-electron chi connectivity index (χ3n) is 8.03. The molecule has 3 saturated heterocycles. The second-order valence-electron chi connectivity index (χ2n) is 10.1. The van der Waals surface area contributed by atoms with Crippen LogP contribution >= 0.6 is 0 Å². The molecule has 5 aliphatic rings. The van der Waals surface area contributed by atoms with Crippen molar-refractivity contribution in [1.29, 1.82) is 0 Å². The molecule has 0 aromatic heterocycles. The molecule has 1 spiro atoms. The summed E-state index contributed by atoms with van der Waals surface area (Å²) in [6, 6.07) is 0. The van der Waals surface area contributed by atoms with Crippen LogP contribution in [0.1, 0.15) is 52.9 Å². The molecule has 3 aliphatic heterocycles. The van der Waals surface area contributed by atoms with E-state index in [1.165, 1.54) is 19.3 Å². The molecule has 0 aromatic rings. The third kappa shape index (κ3) is 2.73. The molecule has 8 atom stereocenters. The average molecular weight is 363 g/mol. The molecular weight excluding hydrogens is 330 g/mol. The van der Waals surface area contributed by atoms with E-state index in [1.54, 1.807) is 0 Å². The number of carbonyl (C=O) groups excluding carboxylic acids is 1. The average Bonchev–Trinajstić information content (AvgIpc) is 3.25. The monoisotopic (exact) mass is 363 g/mol. The fourth-order valence-corrected chi connectivity index (χ4v) is 6.88. The van der Waals surface area contributed by atoms with Crippen LogP contribution in [0, 0.1) is 23.2 Å². The molecule has 0 amide bonds. The molecule has 0 bridgehead atoms. The summed E-state index contributed by atoms with van der Waals surface area (Å²) >= 11 is 0. The summed E-state index contributed by atoms with van der Waals surface area (Å²) in [5.41, 5.74) is 0.420. The zero-order valence-electron chi connectivity index (χ0n) is 16.4. The highest BCUT2D eigenvalue weighted by Gasteiger charge is 2.65. The normalized spacial score (nSPS) is 53.9. The summed E-state index contributed by atoms with van der Waals surface area (Å²) in [6.07, 6.45) is 6.46. The molecule has 5 fully saturated rings. The van der Waals surface area contributed by atoms with Crippen molar-refractivity contribution in [3.05, 3.63) is 0 Å². The Morgan fingerprint density at radius 1 is 1.19 bits per heavy atom. The van der Waals surface area contributed by atoms with Gasteiger partial charge in [-0.2, -0.15) is 0 Å². The van der Waals surface area contributed by atoms with Gasteiger partial charge in [-0.3, -0.25) is 9.69 Å². The number of hydrogen-bond acceptors (Lipinski definition) is 5. The van der Waals surface area contributed by atoms with Crippen molar-refractivity contribution in [2.75, 3.05) is 26.2 Å². The first-order valence-corrected chi connectivity index (χ1v) is 10.6. The zero-order valence-corrected chi connectivity index (χ0v) is 16.4. The lowest BCUT2D eigenvalue weighted by atomic mass is 9.53. The summed E-state index contributed by atoms with van der Waals surface area (Å²) in [6.45, 7) is 10.3. The Kier molecular flexibility index (Phi) is 3.97. The van der Waals surface area contributed by atoms with E-state index in [2.05, 4.69) is 25.7 Å². The van der Waals surface area contributed by atoms with E-state index in [9.17, 15) is 4.79 Å². The van der Waals surface area contributed by atoms with Crippen molar-refractivity contribution in [2.24, 2.45) is 23.2 Å². The van der Waals surface area contributed by atoms with Crippen LogP contribution in [0.25, 0.3) is 0 Å². The second-order valence-corrected chi connectivity index (χ2v) is 10.1. The van der Waals surface area contributed by atoms with Crippen molar-refractivity contribution < 1.29 is 19.0 Å². The first-order chi connectivity index (χ1) is 12.4. The van der Waals surface area contributed by atoms with E-state index in [-0.39, 0.29) is 41.2 Å². The highest BCUT2D eigenvalue weighted by molar-refractivity contribution is 5.75. The maximum atomic E-state index is 12.8. The molecule has 5 rings (SSSR count). The number of epoxide rings is 1. The minimum Gasteiger partial charge on any atom is -0.462 e. The van der Waals surface area contributed by atoms with Crippen LogP contribution in [-0.4, -0.2) is 61.0 Å². The summed E-state index contributed by atoms with van der Waals surface area (Å²) in [5, 5.41) is 0. The fraction of sp³-hybridized carbons (Fsp3) is 0.952. The minimum absolute atomic E-state index is 0.0276. The van der Waals surface area contributed by atoms with E-state index in [0.29, 0.717) is 11.8 Å². The molecule has 3 heterocycles. The Bertz CT molecular complexity index is 581. The molecule has 0 unspecified atom stereocenters. The zero-order chi connectivity index (χ0) is 18.1. The molecular formula is C21H33NO4. The molecule has 0 aromatic carbocycles. The molecule has 5 heteroatoms. The Morgan fingerprint density at radius 3 is 2.62 bits per heavy atom. The van der Waals surface area contributed by atoms with Gasteiger partial charge in [0.15, 0.2) is 0 Å². The highest BCUT2D eigenvalue weighted by atomic mass is 16.6. The molecule has 0 N–H and O–H groups in total. The molecule has 2 saturated carbocycles. The molecule has 146 valence electrons. The van der Waals surface area contributed by atoms with E-state index in [0.717, 1.165) is 39.1 Å². The van der Waals surface area contributed by atoms with Gasteiger partial charge in [-0.25, -0.2) is 0 Å². The predicted octanol–water partition coefficient (Wildman–Crippen LogP) is 2.62. The topological polar surface area (TPSA) is 51.3 Å². The van der Waals surface area contributed by atoms with Crippen molar-refractivity contribution in [2.45, 2.75) is 76.8 Å². The number of rotatable bonds is 2. The van der Waals surface area contributed by atoms with Gasteiger partial charge >= 0.3 is 5.97 Å². The summed E-state index contributed by atoms with van der Waals surface area (Å²) in [7, 11) is 0. The molecule has 2 aliphatic carbocycles. The van der Waals surface area contributed by atoms with Gasteiger partial charge in [0, 0.05) is 25.6 Å². The van der Waals surface area contributed by atoms with Crippen LogP contribution in [-0.2, 0) is 19.0 Å². The maximum Gasteiger partial charge on any atom is 0.310 e. The number of carbonyl (C=O) groups is 1. The van der Waals surface area contributed by atoms with E-state index in [4.69, 9.17) is 14.2 Å².